The Labute approximate surface area is 121 Å². The Morgan fingerprint density at radius 1 is 1.10 bits per heavy atom. The zero-order valence-electron chi connectivity index (χ0n) is 10.4. The molecule has 0 saturated carbocycles. The molecule has 3 nitrogen and oxygen atoms in total. The predicted octanol–water partition coefficient (Wildman–Crippen LogP) is 4.55. The molecule has 0 unspecified atom stereocenters. The molecule has 96 valence electrons. The molecule has 0 bridgehead atoms. The Bertz CT molecular complexity index is 819. The second-order valence-electron chi connectivity index (χ2n) is 4.19. The number of fused-ring (bicyclic) bond motifs is 1. The summed E-state index contributed by atoms with van der Waals surface area (Å²) in [7, 11) is 0. The third kappa shape index (κ3) is 2.29. The van der Waals surface area contributed by atoms with Gasteiger partial charge in [-0.05, 0) is 24.3 Å². The van der Waals surface area contributed by atoms with Crippen molar-refractivity contribution in [3.8, 4) is 17.6 Å². The van der Waals surface area contributed by atoms with Gasteiger partial charge < -0.3 is 4.74 Å². The van der Waals surface area contributed by atoms with Crippen LogP contribution >= 0.6 is 11.6 Å². The molecular weight excluding hydrogens is 272 g/mol. The van der Waals surface area contributed by atoms with E-state index in [1.54, 1.807) is 24.4 Å². The molecule has 0 spiro atoms. The summed E-state index contributed by atoms with van der Waals surface area (Å²) in [5.74, 6) is 1.23. The number of para-hydroxylation sites is 1. The molecule has 2 aromatic carbocycles. The van der Waals surface area contributed by atoms with Crippen LogP contribution in [-0.2, 0) is 0 Å². The zero-order chi connectivity index (χ0) is 13.9. The monoisotopic (exact) mass is 280 g/mol. The molecule has 4 heteroatoms. The fourth-order valence-electron chi connectivity index (χ4n) is 1.94. The summed E-state index contributed by atoms with van der Waals surface area (Å²) >= 11 is 6.00. The van der Waals surface area contributed by atoms with Crippen LogP contribution in [0.2, 0.25) is 5.02 Å². The highest BCUT2D eigenvalue weighted by atomic mass is 35.5. The van der Waals surface area contributed by atoms with Crippen LogP contribution in [0.15, 0.2) is 54.7 Å². The van der Waals surface area contributed by atoms with E-state index in [9.17, 15) is 0 Å². The van der Waals surface area contributed by atoms with Crippen LogP contribution in [0, 0.1) is 11.3 Å². The van der Waals surface area contributed by atoms with Gasteiger partial charge in [-0.2, -0.15) is 5.26 Å². The van der Waals surface area contributed by atoms with E-state index in [2.05, 4.69) is 4.98 Å². The molecule has 0 N–H and O–H groups in total. The summed E-state index contributed by atoms with van der Waals surface area (Å²) in [4.78, 5) is 4.32. The molecule has 1 heterocycles. The van der Waals surface area contributed by atoms with Crippen LogP contribution in [-0.4, -0.2) is 4.98 Å². The molecule has 0 aliphatic carbocycles. The summed E-state index contributed by atoms with van der Waals surface area (Å²) < 4.78 is 5.82. The van der Waals surface area contributed by atoms with Gasteiger partial charge in [-0.25, -0.2) is 0 Å². The van der Waals surface area contributed by atoms with E-state index in [1.165, 1.54) is 0 Å². The van der Waals surface area contributed by atoms with Gasteiger partial charge in [0.15, 0.2) is 5.75 Å². The lowest BCUT2D eigenvalue weighted by Crippen LogP contribution is -1.88. The van der Waals surface area contributed by atoms with E-state index in [-0.39, 0.29) is 0 Å². The van der Waals surface area contributed by atoms with Gasteiger partial charge in [-0.3, -0.25) is 4.98 Å². The van der Waals surface area contributed by atoms with Crippen molar-refractivity contribution in [3.05, 3.63) is 65.3 Å². The van der Waals surface area contributed by atoms with Crippen molar-refractivity contribution in [3.63, 3.8) is 0 Å². The second kappa shape index (κ2) is 5.20. The van der Waals surface area contributed by atoms with Gasteiger partial charge in [-0.15, -0.1) is 0 Å². The Morgan fingerprint density at radius 3 is 2.75 bits per heavy atom. The average molecular weight is 281 g/mol. The van der Waals surface area contributed by atoms with E-state index in [1.807, 2.05) is 36.4 Å². The zero-order valence-corrected chi connectivity index (χ0v) is 11.1. The van der Waals surface area contributed by atoms with E-state index in [0.29, 0.717) is 22.1 Å². The lowest BCUT2D eigenvalue weighted by atomic mass is 10.2. The molecule has 3 rings (SSSR count). The van der Waals surface area contributed by atoms with Crippen molar-refractivity contribution >= 4 is 22.5 Å². The lowest BCUT2D eigenvalue weighted by molar-refractivity contribution is 0.487. The van der Waals surface area contributed by atoms with Crippen LogP contribution in [0.4, 0.5) is 0 Å². The van der Waals surface area contributed by atoms with E-state index in [4.69, 9.17) is 21.6 Å². The number of nitriles is 1. The Morgan fingerprint density at radius 2 is 1.95 bits per heavy atom. The van der Waals surface area contributed by atoms with Crippen molar-refractivity contribution < 1.29 is 4.74 Å². The predicted molar refractivity (Wildman–Crippen MR) is 78.0 cm³/mol. The topological polar surface area (TPSA) is 45.9 Å². The highest BCUT2D eigenvalue weighted by molar-refractivity contribution is 6.31. The normalized spacial score (nSPS) is 10.2. The van der Waals surface area contributed by atoms with E-state index in [0.717, 1.165) is 10.9 Å². The first kappa shape index (κ1) is 12.5. The number of pyridine rings is 1. The van der Waals surface area contributed by atoms with Crippen LogP contribution in [0.5, 0.6) is 11.5 Å². The lowest BCUT2D eigenvalue weighted by Gasteiger charge is -2.08. The number of rotatable bonds is 2. The van der Waals surface area contributed by atoms with Crippen LogP contribution in [0.3, 0.4) is 0 Å². The molecule has 0 saturated heterocycles. The number of benzene rings is 2. The number of aromatic nitrogens is 1. The smallest absolute Gasteiger partial charge is 0.153 e. The molecule has 0 aliphatic rings. The summed E-state index contributed by atoms with van der Waals surface area (Å²) in [6, 6.07) is 16.6. The van der Waals surface area contributed by atoms with Crippen molar-refractivity contribution in [1.82, 2.24) is 4.98 Å². The maximum absolute atomic E-state index is 8.86. The number of ether oxygens (including phenoxy) is 1. The summed E-state index contributed by atoms with van der Waals surface area (Å²) in [6.07, 6.45) is 1.72. The first-order valence-electron chi connectivity index (χ1n) is 5.99. The average Bonchev–Trinajstić information content (AvgIpc) is 2.48. The Hall–Kier alpha value is -2.57. The molecule has 0 atom stereocenters. The van der Waals surface area contributed by atoms with Crippen molar-refractivity contribution in [2.75, 3.05) is 0 Å². The minimum Gasteiger partial charge on any atom is -0.455 e. The summed E-state index contributed by atoms with van der Waals surface area (Å²) in [5, 5.41) is 10.2. The van der Waals surface area contributed by atoms with Gasteiger partial charge in [0.2, 0.25) is 0 Å². The first-order chi connectivity index (χ1) is 9.78. The molecule has 0 aliphatic heterocycles. The van der Waals surface area contributed by atoms with Crippen LogP contribution in [0.1, 0.15) is 5.56 Å². The molecular formula is C16H9ClN2O. The van der Waals surface area contributed by atoms with Gasteiger partial charge >= 0.3 is 0 Å². The van der Waals surface area contributed by atoms with Gasteiger partial charge in [-0.1, -0.05) is 29.8 Å². The number of halogens is 1. The van der Waals surface area contributed by atoms with Crippen LogP contribution < -0.4 is 4.74 Å². The van der Waals surface area contributed by atoms with E-state index >= 15 is 0 Å². The van der Waals surface area contributed by atoms with Gasteiger partial charge in [0.05, 0.1) is 10.6 Å². The van der Waals surface area contributed by atoms with Crippen LogP contribution in [0.25, 0.3) is 10.9 Å². The molecule has 0 radical (unpaired) electrons. The number of nitrogens with zero attached hydrogens (tertiary/aromatic N) is 2. The molecule has 20 heavy (non-hydrogen) atoms. The summed E-state index contributed by atoms with van der Waals surface area (Å²) in [5.41, 5.74) is 1.21. The third-order valence-electron chi connectivity index (χ3n) is 2.88. The van der Waals surface area contributed by atoms with E-state index < -0.39 is 0 Å². The van der Waals surface area contributed by atoms with Gasteiger partial charge in [0.1, 0.15) is 17.3 Å². The number of hydrogen-bond acceptors (Lipinski definition) is 3. The Balaban J connectivity index is 2.02. The molecule has 0 amide bonds. The highest BCUT2D eigenvalue weighted by Crippen LogP contribution is 2.30. The third-order valence-corrected chi connectivity index (χ3v) is 3.20. The maximum atomic E-state index is 8.86. The standard InChI is InChI=1S/C16H9ClN2O/c17-14-9-13(7-6-12(14)10-18)20-15-5-1-3-11-4-2-8-19-16(11)15/h1-9H. The quantitative estimate of drug-likeness (QED) is 0.691. The largest absolute Gasteiger partial charge is 0.455 e. The number of hydrogen-bond donors (Lipinski definition) is 0. The first-order valence-corrected chi connectivity index (χ1v) is 6.37. The SMILES string of the molecule is N#Cc1ccc(Oc2cccc3cccnc23)cc1Cl. The minimum absolute atomic E-state index is 0.373. The second-order valence-corrected chi connectivity index (χ2v) is 4.59. The van der Waals surface area contributed by atoms with Gasteiger partial charge in [0, 0.05) is 17.6 Å². The minimum atomic E-state index is 0.373. The fourth-order valence-corrected chi connectivity index (χ4v) is 2.15. The highest BCUT2D eigenvalue weighted by Gasteiger charge is 2.06. The van der Waals surface area contributed by atoms with Crippen molar-refractivity contribution in [2.24, 2.45) is 0 Å². The van der Waals surface area contributed by atoms with Crippen molar-refractivity contribution in [2.45, 2.75) is 0 Å². The molecule has 0 fully saturated rings. The summed E-state index contributed by atoms with van der Waals surface area (Å²) in [6.45, 7) is 0. The molecule has 3 aromatic rings. The van der Waals surface area contributed by atoms with Crippen molar-refractivity contribution in [1.29, 1.82) is 5.26 Å². The maximum Gasteiger partial charge on any atom is 0.153 e. The Kier molecular flexibility index (Phi) is 3.24. The molecule has 1 aromatic heterocycles. The van der Waals surface area contributed by atoms with Gasteiger partial charge in [0.25, 0.3) is 0 Å². The fraction of sp³-hybridized carbons (Fsp3) is 0.